The van der Waals surface area contributed by atoms with E-state index < -0.39 is 10.1 Å². The van der Waals surface area contributed by atoms with Crippen LogP contribution < -0.4 is 5.32 Å². The number of hydrogen-bond acceptors (Lipinski definition) is 3. The molecule has 7 heteroatoms. The molecule has 0 aliphatic rings. The molecule has 24 heavy (non-hydrogen) atoms. The molecule has 0 spiro atoms. The van der Waals surface area contributed by atoms with Crippen LogP contribution >= 0.6 is 0 Å². The molecule has 144 valence electrons. The molecular weight excluding hydrogens is 328 g/mol. The quantitative estimate of drug-likeness (QED) is 0.298. The fraction of sp³-hybridized carbons (Fsp3) is 0.941. The van der Waals surface area contributed by atoms with Gasteiger partial charge in [-0.15, -0.1) is 0 Å². The summed E-state index contributed by atoms with van der Waals surface area (Å²) in [6.45, 7) is 14.7. The van der Waals surface area contributed by atoms with Crippen LogP contribution in [0.15, 0.2) is 0 Å². The first-order chi connectivity index (χ1) is 11.0. The van der Waals surface area contributed by atoms with E-state index in [0.29, 0.717) is 13.0 Å². The maximum Gasteiger partial charge on any atom is 0.264 e. The lowest BCUT2D eigenvalue weighted by Gasteiger charge is -2.37. The van der Waals surface area contributed by atoms with Gasteiger partial charge in [0.05, 0.1) is 31.9 Å². The molecular formula is C17H37N2O4S+. The van der Waals surface area contributed by atoms with Crippen molar-refractivity contribution in [3.63, 3.8) is 0 Å². The van der Waals surface area contributed by atoms with Crippen molar-refractivity contribution < 1.29 is 22.2 Å². The van der Waals surface area contributed by atoms with Crippen LogP contribution in [0.4, 0.5) is 0 Å². The topological polar surface area (TPSA) is 83.5 Å². The number of nitrogens with zero attached hydrogens (tertiary/aromatic N) is 1. The van der Waals surface area contributed by atoms with Gasteiger partial charge in [0.2, 0.25) is 5.91 Å². The molecule has 0 aliphatic carbocycles. The summed E-state index contributed by atoms with van der Waals surface area (Å²) in [5.74, 6) is -0.0629. The molecule has 0 bridgehead atoms. The van der Waals surface area contributed by atoms with Crippen LogP contribution in [0.2, 0.25) is 0 Å². The van der Waals surface area contributed by atoms with Crippen molar-refractivity contribution in [3.8, 4) is 0 Å². The molecule has 0 unspecified atom stereocenters. The minimum atomic E-state index is -3.86. The average molecular weight is 366 g/mol. The summed E-state index contributed by atoms with van der Waals surface area (Å²) in [6.07, 6.45) is 2.99. The largest absolute Gasteiger partial charge is 0.355 e. The molecule has 0 fully saturated rings. The Labute approximate surface area is 148 Å². The average Bonchev–Trinajstić information content (AvgIpc) is 2.52. The second-order valence-corrected chi connectivity index (χ2v) is 8.83. The first-order valence-electron chi connectivity index (χ1n) is 9.10. The van der Waals surface area contributed by atoms with Gasteiger partial charge in [0.25, 0.3) is 10.1 Å². The van der Waals surface area contributed by atoms with Gasteiger partial charge in [-0.25, -0.2) is 0 Å². The lowest BCUT2D eigenvalue weighted by atomic mass is 9.89. The molecule has 0 radical (unpaired) electrons. The van der Waals surface area contributed by atoms with Crippen LogP contribution in [-0.2, 0) is 14.9 Å². The Hall–Kier alpha value is -0.660. The SMILES string of the molecule is CCC(C)(C)C(=O)NCCC[N+](CC)(CC)CCCCS(=O)(=O)O. The highest BCUT2D eigenvalue weighted by atomic mass is 32.2. The summed E-state index contributed by atoms with van der Waals surface area (Å²) < 4.78 is 31.3. The smallest absolute Gasteiger partial charge is 0.264 e. The van der Waals surface area contributed by atoms with Gasteiger partial charge >= 0.3 is 0 Å². The van der Waals surface area contributed by atoms with Gasteiger partial charge < -0.3 is 9.80 Å². The Balaban J connectivity index is 4.30. The van der Waals surface area contributed by atoms with Crippen molar-refractivity contribution >= 4 is 16.0 Å². The lowest BCUT2D eigenvalue weighted by Crippen LogP contribution is -2.50. The zero-order valence-electron chi connectivity index (χ0n) is 16.1. The van der Waals surface area contributed by atoms with Crippen molar-refractivity contribution in [2.24, 2.45) is 5.41 Å². The first kappa shape index (κ1) is 23.3. The number of unbranched alkanes of at least 4 members (excludes halogenated alkanes) is 1. The van der Waals surface area contributed by atoms with E-state index >= 15 is 0 Å². The molecule has 0 aliphatic heterocycles. The molecule has 0 atom stereocenters. The summed E-state index contributed by atoms with van der Waals surface area (Å²) in [6, 6.07) is 0. The lowest BCUT2D eigenvalue weighted by molar-refractivity contribution is -0.925. The van der Waals surface area contributed by atoms with Crippen molar-refractivity contribution in [3.05, 3.63) is 0 Å². The predicted octanol–water partition coefficient (Wildman–Crippen LogP) is 2.45. The van der Waals surface area contributed by atoms with Crippen molar-refractivity contribution in [2.75, 3.05) is 38.5 Å². The van der Waals surface area contributed by atoms with E-state index in [4.69, 9.17) is 4.55 Å². The molecule has 0 aromatic carbocycles. The van der Waals surface area contributed by atoms with Crippen LogP contribution in [-0.4, -0.2) is 61.8 Å². The Bertz CT molecular complexity index is 471. The minimum Gasteiger partial charge on any atom is -0.355 e. The number of nitrogens with one attached hydrogen (secondary N) is 1. The van der Waals surface area contributed by atoms with Gasteiger partial charge in [0, 0.05) is 18.4 Å². The third-order valence-electron chi connectivity index (χ3n) is 5.22. The molecule has 6 nitrogen and oxygen atoms in total. The Morgan fingerprint density at radius 3 is 2.04 bits per heavy atom. The maximum atomic E-state index is 12.1. The molecule has 0 aromatic heterocycles. The van der Waals surface area contributed by atoms with Crippen molar-refractivity contribution in [2.45, 2.75) is 60.3 Å². The number of hydrogen-bond donors (Lipinski definition) is 2. The van der Waals surface area contributed by atoms with Gasteiger partial charge in [0.1, 0.15) is 0 Å². The highest BCUT2D eigenvalue weighted by molar-refractivity contribution is 7.85. The van der Waals surface area contributed by atoms with E-state index in [2.05, 4.69) is 19.2 Å². The van der Waals surface area contributed by atoms with Gasteiger partial charge in [-0.2, -0.15) is 8.42 Å². The highest BCUT2D eigenvalue weighted by Gasteiger charge is 2.26. The zero-order valence-corrected chi connectivity index (χ0v) is 16.9. The second kappa shape index (κ2) is 10.4. The number of carbonyl (C=O) groups is 1. The van der Waals surface area contributed by atoms with Crippen LogP contribution in [0.1, 0.15) is 60.3 Å². The van der Waals surface area contributed by atoms with Crippen LogP contribution in [0.25, 0.3) is 0 Å². The highest BCUT2D eigenvalue weighted by Crippen LogP contribution is 2.19. The number of carbonyl (C=O) groups excluding carboxylic acids is 1. The fourth-order valence-electron chi connectivity index (χ4n) is 2.72. The molecule has 0 saturated carbocycles. The molecule has 0 rings (SSSR count). The summed E-state index contributed by atoms with van der Waals surface area (Å²) in [7, 11) is -3.86. The van der Waals surface area contributed by atoms with E-state index in [1.165, 1.54) is 0 Å². The second-order valence-electron chi connectivity index (χ2n) is 7.26. The number of rotatable bonds is 13. The summed E-state index contributed by atoms with van der Waals surface area (Å²) in [5, 5.41) is 3.02. The molecule has 2 N–H and O–H groups in total. The molecule has 1 amide bonds. The van der Waals surface area contributed by atoms with Gasteiger partial charge in [0.15, 0.2) is 0 Å². The van der Waals surface area contributed by atoms with Gasteiger partial charge in [-0.3, -0.25) is 9.35 Å². The minimum absolute atomic E-state index is 0.101. The van der Waals surface area contributed by atoms with E-state index in [-0.39, 0.29) is 17.1 Å². The number of amides is 1. The van der Waals surface area contributed by atoms with E-state index in [0.717, 1.165) is 49.9 Å². The Morgan fingerprint density at radius 1 is 1.04 bits per heavy atom. The summed E-state index contributed by atoms with van der Waals surface area (Å²) >= 11 is 0. The molecule has 0 heterocycles. The van der Waals surface area contributed by atoms with E-state index in [1.54, 1.807) is 0 Å². The Kier molecular flexibility index (Phi) is 10.1. The van der Waals surface area contributed by atoms with Crippen molar-refractivity contribution in [1.82, 2.24) is 5.32 Å². The fourth-order valence-corrected chi connectivity index (χ4v) is 3.28. The van der Waals surface area contributed by atoms with Gasteiger partial charge in [-0.05, 0) is 33.1 Å². The third kappa shape index (κ3) is 8.99. The third-order valence-corrected chi connectivity index (χ3v) is 6.02. The first-order valence-corrected chi connectivity index (χ1v) is 10.7. The van der Waals surface area contributed by atoms with Crippen LogP contribution in [0.5, 0.6) is 0 Å². The van der Waals surface area contributed by atoms with Crippen molar-refractivity contribution in [1.29, 1.82) is 0 Å². The van der Waals surface area contributed by atoms with Crippen LogP contribution in [0, 0.1) is 5.41 Å². The molecule has 0 aromatic rings. The van der Waals surface area contributed by atoms with E-state index in [1.807, 2.05) is 20.8 Å². The predicted molar refractivity (Wildman–Crippen MR) is 98.4 cm³/mol. The normalized spacial score (nSPS) is 13.1. The standard InChI is InChI=1S/C17H36N2O4S/c1-6-17(4,5)16(20)18-12-11-14-19(7-2,8-3)13-9-10-15-24(21,22)23/h6-15H2,1-5H3,(H-,18,20,21,22,23)/p+1. The molecule has 0 saturated heterocycles. The van der Waals surface area contributed by atoms with Gasteiger partial charge in [-0.1, -0.05) is 20.8 Å². The summed E-state index contributed by atoms with van der Waals surface area (Å²) in [5.41, 5.74) is -0.322. The number of quaternary nitrogens is 1. The van der Waals surface area contributed by atoms with E-state index in [9.17, 15) is 13.2 Å². The Morgan fingerprint density at radius 2 is 1.58 bits per heavy atom. The maximum absolute atomic E-state index is 12.1. The zero-order chi connectivity index (χ0) is 18.9. The summed E-state index contributed by atoms with van der Waals surface area (Å²) in [4.78, 5) is 12.1. The monoisotopic (exact) mass is 365 g/mol. The van der Waals surface area contributed by atoms with Crippen LogP contribution in [0.3, 0.4) is 0 Å².